The van der Waals surface area contributed by atoms with Gasteiger partial charge in [-0.25, -0.2) is 8.78 Å². The van der Waals surface area contributed by atoms with Crippen LogP contribution in [0.25, 0.3) is 33.4 Å². The Hall–Kier alpha value is -11.9. The van der Waals surface area contributed by atoms with Crippen molar-refractivity contribution in [2.45, 2.75) is 50.4 Å². The molecule has 0 saturated carbocycles. The molecule has 0 fully saturated rings. The number of benzene rings is 14. The second kappa shape index (κ2) is 23.5. The van der Waals surface area contributed by atoms with Crippen LogP contribution in [0, 0.1) is 25.5 Å². The van der Waals surface area contributed by atoms with E-state index in [2.05, 4.69) is 291 Å². The van der Waals surface area contributed by atoms with E-state index in [0.717, 1.165) is 138 Å². The molecule has 0 amide bonds. The predicted octanol–water partition coefficient (Wildman–Crippen LogP) is 23.7. The van der Waals surface area contributed by atoms with Gasteiger partial charge in [0.05, 0.1) is 10.8 Å². The Morgan fingerprint density at radius 2 is 0.571 bits per heavy atom. The number of rotatable bonds is 15. The van der Waals surface area contributed by atoms with Crippen LogP contribution in [0.4, 0.5) is 42.9 Å². The van der Waals surface area contributed by atoms with E-state index >= 15 is 8.78 Å². The first kappa shape index (κ1) is 58.7. The SMILES string of the molecule is Cc1ccc(C2(c3ccc(Oc4ccc5c(c4)CC5)cc3)c3ccccc3-c3ccc(N(c4ccc(F)cc4)c4ccc(-c5ccc(N(c6ccc(F)cc6)c6ccc7c(c6)C(c6ccc(C)cc6)(c6ccc(Oc8ccc9c(c8)CC9)cc6)c6ccccc6-7)cc5)cc4)cc32)cc1. The highest BCUT2D eigenvalue weighted by molar-refractivity contribution is 5.92. The largest absolute Gasteiger partial charge is 0.457 e. The van der Waals surface area contributed by atoms with Gasteiger partial charge in [0.15, 0.2) is 0 Å². The van der Waals surface area contributed by atoms with E-state index in [9.17, 15) is 0 Å². The van der Waals surface area contributed by atoms with Gasteiger partial charge >= 0.3 is 0 Å². The first-order valence-corrected chi connectivity index (χ1v) is 33.9. The van der Waals surface area contributed by atoms with Gasteiger partial charge in [0.2, 0.25) is 0 Å². The lowest BCUT2D eigenvalue weighted by Crippen LogP contribution is -2.28. The van der Waals surface area contributed by atoms with Crippen LogP contribution in [0.1, 0.15) is 77.9 Å². The molecule has 14 aromatic rings. The minimum Gasteiger partial charge on any atom is -0.457 e. The molecular weight excluding hydrogens is 1200 g/mol. The standard InChI is InChI=1S/C92H66F2N2O2/c1-59-11-25-67(26-12-59)91(69-29-49-79(50-30-69)97-81-47-23-63-15-17-65(63)55-81)87-9-5-3-7-83(87)85-53-45-77(57-89(85)91)95(75-41-33-71(93)34-42-75)73-37-19-61(20-38-73)62-21-39-74(40-22-62)96(76-43-35-72(94)36-44-76)78-46-54-86-84-8-4-6-10-88(84)92(90(86)58-78,68-27-13-60(2)14-28-68)70-31-51-80(52-32-70)98-82-48-24-64-16-18-66(64)56-82/h3-14,19-58H,15-18H2,1-2H3. The van der Waals surface area contributed by atoms with Crippen LogP contribution in [0.5, 0.6) is 23.0 Å². The zero-order valence-electron chi connectivity index (χ0n) is 54.3. The first-order valence-electron chi connectivity index (χ1n) is 33.9. The highest BCUT2D eigenvalue weighted by atomic mass is 19.1. The van der Waals surface area contributed by atoms with Crippen LogP contribution >= 0.6 is 0 Å². The zero-order valence-corrected chi connectivity index (χ0v) is 54.3. The summed E-state index contributed by atoms with van der Waals surface area (Å²) < 4.78 is 43.1. The van der Waals surface area contributed by atoms with Crippen molar-refractivity contribution in [1.82, 2.24) is 0 Å². The highest BCUT2D eigenvalue weighted by Crippen LogP contribution is 2.60. The van der Waals surface area contributed by atoms with E-state index in [1.54, 1.807) is 0 Å². The number of halogens is 2. The number of hydrogen-bond donors (Lipinski definition) is 0. The predicted molar refractivity (Wildman–Crippen MR) is 393 cm³/mol. The Kier molecular flexibility index (Phi) is 14.1. The van der Waals surface area contributed by atoms with E-state index in [-0.39, 0.29) is 11.6 Å². The molecule has 98 heavy (non-hydrogen) atoms. The van der Waals surface area contributed by atoms with Crippen molar-refractivity contribution in [2.24, 2.45) is 0 Å². The van der Waals surface area contributed by atoms with Crippen LogP contribution in [-0.4, -0.2) is 0 Å². The molecule has 470 valence electrons. The summed E-state index contributed by atoms with van der Waals surface area (Å²) in [5.74, 6) is 2.66. The van der Waals surface area contributed by atoms with Crippen molar-refractivity contribution in [3.63, 3.8) is 0 Å². The third-order valence-corrected chi connectivity index (χ3v) is 21.0. The minimum absolute atomic E-state index is 0.304. The number of ether oxygens (including phenoxy) is 2. The second-order valence-electron chi connectivity index (χ2n) is 26.6. The molecule has 2 unspecified atom stereocenters. The molecule has 0 bridgehead atoms. The molecule has 4 nitrogen and oxygen atoms in total. The Balaban J connectivity index is 0.706. The molecule has 2 atom stereocenters. The van der Waals surface area contributed by atoms with Crippen molar-refractivity contribution >= 4 is 34.1 Å². The van der Waals surface area contributed by atoms with E-state index < -0.39 is 10.8 Å². The highest BCUT2D eigenvalue weighted by Gasteiger charge is 2.48. The van der Waals surface area contributed by atoms with E-state index in [1.807, 2.05) is 24.3 Å². The molecular formula is C92H66F2N2O2. The maximum Gasteiger partial charge on any atom is 0.127 e. The maximum absolute atomic E-state index is 15.0. The lowest BCUT2D eigenvalue weighted by Gasteiger charge is -2.35. The van der Waals surface area contributed by atoms with Gasteiger partial charge in [0, 0.05) is 34.1 Å². The van der Waals surface area contributed by atoms with Crippen LogP contribution < -0.4 is 19.3 Å². The smallest absolute Gasteiger partial charge is 0.127 e. The van der Waals surface area contributed by atoms with Gasteiger partial charge in [0.1, 0.15) is 34.6 Å². The van der Waals surface area contributed by atoms with Crippen molar-refractivity contribution < 1.29 is 18.3 Å². The van der Waals surface area contributed by atoms with Gasteiger partial charge in [-0.05, 0) is 285 Å². The summed E-state index contributed by atoms with van der Waals surface area (Å²) in [7, 11) is 0. The Labute approximate surface area is 570 Å². The van der Waals surface area contributed by atoms with Crippen LogP contribution in [0.3, 0.4) is 0 Å². The quantitative estimate of drug-likeness (QED) is 0.102. The number of nitrogens with zero attached hydrogens (tertiary/aromatic N) is 2. The first-order chi connectivity index (χ1) is 48.1. The Morgan fingerprint density at radius 1 is 0.265 bits per heavy atom. The third kappa shape index (κ3) is 9.76. The number of fused-ring (bicyclic) bond motifs is 8. The average molecular weight is 1270 g/mol. The monoisotopic (exact) mass is 1270 g/mol. The number of anilines is 6. The summed E-state index contributed by atoms with van der Waals surface area (Å²) in [5, 5.41) is 0. The summed E-state index contributed by atoms with van der Waals surface area (Å²) in [6.07, 6.45) is 4.43. The number of hydrogen-bond acceptors (Lipinski definition) is 4. The van der Waals surface area contributed by atoms with Gasteiger partial charge in [-0.1, -0.05) is 181 Å². The molecule has 0 saturated heterocycles. The van der Waals surface area contributed by atoms with Crippen molar-refractivity contribution in [3.05, 3.63) is 405 Å². The maximum atomic E-state index is 15.0. The zero-order chi connectivity index (χ0) is 65.6. The molecule has 4 aliphatic rings. The van der Waals surface area contributed by atoms with E-state index in [0.29, 0.717) is 0 Å². The van der Waals surface area contributed by atoms with Gasteiger partial charge in [0.25, 0.3) is 0 Å². The average Bonchev–Trinajstić information content (AvgIpc) is 1.54. The van der Waals surface area contributed by atoms with Crippen molar-refractivity contribution in [2.75, 3.05) is 9.80 Å². The fourth-order valence-electron chi connectivity index (χ4n) is 16.0. The van der Waals surface area contributed by atoms with E-state index in [4.69, 9.17) is 9.47 Å². The second-order valence-corrected chi connectivity index (χ2v) is 26.6. The summed E-state index contributed by atoms with van der Waals surface area (Å²) in [4.78, 5) is 4.45. The molecule has 4 aliphatic carbocycles. The fourth-order valence-corrected chi connectivity index (χ4v) is 16.0. The molecule has 18 rings (SSSR count). The summed E-state index contributed by atoms with van der Waals surface area (Å²) >= 11 is 0. The van der Waals surface area contributed by atoms with Crippen LogP contribution in [0.15, 0.2) is 315 Å². The topological polar surface area (TPSA) is 24.9 Å². The Morgan fingerprint density at radius 3 is 0.918 bits per heavy atom. The number of aryl methyl sites for hydroxylation is 6. The third-order valence-electron chi connectivity index (χ3n) is 21.0. The molecule has 14 aromatic carbocycles. The van der Waals surface area contributed by atoms with Crippen LogP contribution in [0.2, 0.25) is 0 Å². The van der Waals surface area contributed by atoms with Crippen LogP contribution in [-0.2, 0) is 36.5 Å². The van der Waals surface area contributed by atoms with Gasteiger partial charge in [-0.3, -0.25) is 0 Å². The van der Waals surface area contributed by atoms with Gasteiger partial charge < -0.3 is 19.3 Å². The summed E-state index contributed by atoms with van der Waals surface area (Å²) in [6, 6.07) is 110. The minimum atomic E-state index is -0.703. The fraction of sp³-hybridized carbons (Fsp3) is 0.0870. The molecule has 6 heteroatoms. The molecule has 0 spiro atoms. The Bertz CT molecular complexity index is 5060. The molecule has 0 aliphatic heterocycles. The normalized spacial score (nSPS) is 15.7. The molecule has 0 heterocycles. The van der Waals surface area contributed by atoms with E-state index in [1.165, 1.54) is 79.9 Å². The lowest BCUT2D eigenvalue weighted by atomic mass is 9.67. The van der Waals surface area contributed by atoms with Crippen molar-refractivity contribution in [3.8, 4) is 56.4 Å². The van der Waals surface area contributed by atoms with Crippen molar-refractivity contribution in [1.29, 1.82) is 0 Å². The summed E-state index contributed by atoms with van der Waals surface area (Å²) in [5.41, 5.74) is 27.8. The summed E-state index contributed by atoms with van der Waals surface area (Å²) in [6.45, 7) is 4.27. The molecule has 0 N–H and O–H groups in total. The van der Waals surface area contributed by atoms with Gasteiger partial charge in [-0.15, -0.1) is 0 Å². The molecule has 0 radical (unpaired) electrons. The molecule has 0 aromatic heterocycles. The van der Waals surface area contributed by atoms with Gasteiger partial charge in [-0.2, -0.15) is 0 Å². The lowest BCUT2D eigenvalue weighted by molar-refractivity contribution is 0.480.